The first-order valence-electron chi connectivity index (χ1n) is 5.77. The summed E-state index contributed by atoms with van der Waals surface area (Å²) in [6, 6.07) is 11.1. The molecule has 2 rings (SSSR count). The molecule has 2 aromatic rings. The quantitative estimate of drug-likeness (QED) is 0.812. The van der Waals surface area contributed by atoms with Crippen LogP contribution in [0.5, 0.6) is 11.5 Å². The van der Waals surface area contributed by atoms with Gasteiger partial charge in [-0.3, -0.25) is 0 Å². The summed E-state index contributed by atoms with van der Waals surface area (Å²) in [7, 11) is -2.52. The van der Waals surface area contributed by atoms with E-state index in [4.69, 9.17) is 20.5 Å². The number of hydrogen-bond acceptors (Lipinski definition) is 4. The summed E-state index contributed by atoms with van der Waals surface area (Å²) >= 11 is 5.84. The Labute approximate surface area is 123 Å². The fourth-order valence-corrected chi connectivity index (χ4v) is 3.13. The lowest BCUT2D eigenvalue weighted by Gasteiger charge is -2.12. The van der Waals surface area contributed by atoms with Crippen LogP contribution in [0, 0.1) is 6.92 Å². The van der Waals surface area contributed by atoms with E-state index in [-0.39, 0.29) is 10.6 Å². The van der Waals surface area contributed by atoms with Crippen molar-refractivity contribution in [2.75, 3.05) is 7.11 Å². The second kappa shape index (κ2) is 5.73. The van der Waals surface area contributed by atoms with Gasteiger partial charge < -0.3 is 8.92 Å². The molecule has 0 N–H and O–H groups in total. The molecule has 0 spiro atoms. The van der Waals surface area contributed by atoms with E-state index in [1.165, 1.54) is 19.2 Å². The summed E-state index contributed by atoms with van der Waals surface area (Å²) in [6.45, 7) is 1.68. The lowest BCUT2D eigenvalue weighted by atomic mass is 10.2. The molecule has 4 nitrogen and oxygen atoms in total. The fourth-order valence-electron chi connectivity index (χ4n) is 1.69. The van der Waals surface area contributed by atoms with E-state index in [0.717, 1.165) is 0 Å². The van der Waals surface area contributed by atoms with Crippen molar-refractivity contribution in [2.45, 2.75) is 11.8 Å². The van der Waals surface area contributed by atoms with Crippen molar-refractivity contribution < 1.29 is 17.3 Å². The minimum absolute atomic E-state index is 0.0379. The van der Waals surface area contributed by atoms with Gasteiger partial charge in [0.15, 0.2) is 11.5 Å². The van der Waals surface area contributed by atoms with Crippen LogP contribution in [0.1, 0.15) is 5.56 Å². The molecule has 0 unspecified atom stereocenters. The Hall–Kier alpha value is -1.72. The van der Waals surface area contributed by atoms with Crippen LogP contribution >= 0.6 is 11.6 Å². The van der Waals surface area contributed by atoms with E-state index >= 15 is 0 Å². The third-order valence-corrected chi connectivity index (χ3v) is 4.30. The minimum atomic E-state index is -3.96. The van der Waals surface area contributed by atoms with Gasteiger partial charge in [0.25, 0.3) is 0 Å². The van der Waals surface area contributed by atoms with Crippen LogP contribution in [0.15, 0.2) is 47.4 Å². The fraction of sp³-hybridized carbons (Fsp3) is 0.143. The number of halogens is 1. The van der Waals surface area contributed by atoms with Crippen molar-refractivity contribution in [3.63, 3.8) is 0 Å². The van der Waals surface area contributed by atoms with Gasteiger partial charge in [-0.2, -0.15) is 8.42 Å². The highest BCUT2D eigenvalue weighted by Crippen LogP contribution is 2.30. The molecular weight excluding hydrogens is 300 g/mol. The number of benzene rings is 2. The second-order valence-electron chi connectivity index (χ2n) is 4.10. The molecule has 0 fully saturated rings. The number of rotatable bonds is 4. The van der Waals surface area contributed by atoms with E-state index in [9.17, 15) is 8.42 Å². The molecule has 2 aromatic carbocycles. The summed E-state index contributed by atoms with van der Waals surface area (Å²) in [5.41, 5.74) is 0.560. The summed E-state index contributed by atoms with van der Waals surface area (Å²) < 4.78 is 34.8. The zero-order chi connectivity index (χ0) is 14.8. The van der Waals surface area contributed by atoms with Crippen LogP contribution in [0.3, 0.4) is 0 Å². The largest absolute Gasteiger partial charge is 0.493 e. The van der Waals surface area contributed by atoms with Crippen molar-refractivity contribution in [1.29, 1.82) is 0 Å². The number of aryl methyl sites for hydroxylation is 1. The molecule has 6 heteroatoms. The van der Waals surface area contributed by atoms with Gasteiger partial charge in [-0.1, -0.05) is 29.8 Å². The van der Waals surface area contributed by atoms with E-state index in [2.05, 4.69) is 0 Å². The number of para-hydroxylation sites is 2. The predicted octanol–water partition coefficient (Wildman–Crippen LogP) is 3.42. The first-order valence-corrected chi connectivity index (χ1v) is 7.56. The van der Waals surface area contributed by atoms with Gasteiger partial charge in [-0.05, 0) is 36.8 Å². The summed E-state index contributed by atoms with van der Waals surface area (Å²) in [5, 5.41) is 0.331. The van der Waals surface area contributed by atoms with E-state index < -0.39 is 10.1 Å². The monoisotopic (exact) mass is 312 g/mol. The third-order valence-electron chi connectivity index (χ3n) is 2.69. The highest BCUT2D eigenvalue weighted by Gasteiger charge is 2.21. The predicted molar refractivity (Wildman–Crippen MR) is 77.0 cm³/mol. The molecule has 0 saturated heterocycles. The van der Waals surface area contributed by atoms with Crippen molar-refractivity contribution >= 4 is 21.7 Å². The van der Waals surface area contributed by atoms with Crippen LogP contribution in [0.25, 0.3) is 0 Å². The zero-order valence-corrected chi connectivity index (χ0v) is 12.5. The molecule has 0 aliphatic rings. The lowest BCUT2D eigenvalue weighted by Crippen LogP contribution is -2.11. The Morgan fingerprint density at radius 2 is 1.70 bits per heavy atom. The number of ether oxygens (including phenoxy) is 1. The van der Waals surface area contributed by atoms with E-state index in [1.807, 2.05) is 0 Å². The average molecular weight is 313 g/mol. The Morgan fingerprint density at radius 1 is 1.05 bits per heavy atom. The molecular formula is C14H13ClO4S. The van der Waals surface area contributed by atoms with Crippen LogP contribution in [0.4, 0.5) is 0 Å². The maximum atomic E-state index is 12.3. The smallest absolute Gasteiger partial charge is 0.339 e. The van der Waals surface area contributed by atoms with Gasteiger partial charge in [0.2, 0.25) is 0 Å². The molecule has 0 radical (unpaired) electrons. The summed E-state index contributed by atoms with van der Waals surface area (Å²) in [4.78, 5) is 0.0379. The highest BCUT2D eigenvalue weighted by molar-refractivity contribution is 7.87. The number of hydrogen-bond donors (Lipinski definition) is 0. The molecule has 0 bridgehead atoms. The van der Waals surface area contributed by atoms with Gasteiger partial charge in [0.1, 0.15) is 4.90 Å². The molecule has 0 amide bonds. The van der Waals surface area contributed by atoms with Gasteiger partial charge in [-0.15, -0.1) is 0 Å². The molecule has 0 aliphatic carbocycles. The summed E-state index contributed by atoms with van der Waals surface area (Å²) in [5.74, 6) is 0.477. The average Bonchev–Trinajstić information content (AvgIpc) is 2.41. The Bertz CT molecular complexity index is 726. The maximum absolute atomic E-state index is 12.3. The Kier molecular flexibility index (Phi) is 4.20. The molecule has 20 heavy (non-hydrogen) atoms. The number of methoxy groups -OCH3 is 1. The summed E-state index contributed by atoms with van der Waals surface area (Å²) in [6.07, 6.45) is 0. The van der Waals surface area contributed by atoms with Crippen LogP contribution in [-0.2, 0) is 10.1 Å². The SMILES string of the molecule is COc1ccccc1OS(=O)(=O)c1cc(Cl)ccc1C. The van der Waals surface area contributed by atoms with Crippen molar-refractivity contribution in [1.82, 2.24) is 0 Å². The highest BCUT2D eigenvalue weighted by atomic mass is 35.5. The molecule has 0 aliphatic heterocycles. The van der Waals surface area contributed by atoms with Crippen LogP contribution in [-0.4, -0.2) is 15.5 Å². The molecule has 0 atom stereocenters. The van der Waals surface area contributed by atoms with Crippen molar-refractivity contribution in [3.8, 4) is 11.5 Å². The van der Waals surface area contributed by atoms with Crippen LogP contribution < -0.4 is 8.92 Å². The standard InChI is InChI=1S/C14H13ClO4S/c1-10-7-8-11(15)9-14(10)20(16,17)19-13-6-4-3-5-12(13)18-2/h3-9H,1-2H3. The molecule has 0 aromatic heterocycles. The zero-order valence-electron chi connectivity index (χ0n) is 11.0. The minimum Gasteiger partial charge on any atom is -0.493 e. The van der Waals surface area contributed by atoms with E-state index in [1.54, 1.807) is 37.3 Å². The van der Waals surface area contributed by atoms with Gasteiger partial charge >= 0.3 is 10.1 Å². The maximum Gasteiger partial charge on any atom is 0.339 e. The topological polar surface area (TPSA) is 52.6 Å². The van der Waals surface area contributed by atoms with Crippen molar-refractivity contribution in [3.05, 3.63) is 53.1 Å². The van der Waals surface area contributed by atoms with Crippen molar-refractivity contribution in [2.24, 2.45) is 0 Å². The Morgan fingerprint density at radius 3 is 2.35 bits per heavy atom. The molecule has 106 valence electrons. The van der Waals surface area contributed by atoms with Gasteiger partial charge in [-0.25, -0.2) is 0 Å². The molecule has 0 saturated carbocycles. The Balaban J connectivity index is 2.43. The normalized spacial score (nSPS) is 11.2. The van der Waals surface area contributed by atoms with E-state index in [0.29, 0.717) is 16.3 Å². The first kappa shape index (κ1) is 14.7. The van der Waals surface area contributed by atoms with Crippen LogP contribution in [0.2, 0.25) is 5.02 Å². The third kappa shape index (κ3) is 3.05. The van der Waals surface area contributed by atoms with Gasteiger partial charge in [0.05, 0.1) is 7.11 Å². The first-order chi connectivity index (χ1) is 9.44. The second-order valence-corrected chi connectivity index (χ2v) is 6.05. The lowest BCUT2D eigenvalue weighted by molar-refractivity contribution is 0.390. The molecule has 0 heterocycles. The van der Waals surface area contributed by atoms with Gasteiger partial charge in [0, 0.05) is 5.02 Å².